The van der Waals surface area contributed by atoms with Gasteiger partial charge in [0.05, 0.1) is 19.4 Å². The Morgan fingerprint density at radius 2 is 1.80 bits per heavy atom. The summed E-state index contributed by atoms with van der Waals surface area (Å²) in [5, 5.41) is 0. The van der Waals surface area contributed by atoms with Crippen molar-refractivity contribution in [3.8, 4) is 11.6 Å². The molecule has 160 valence electrons. The zero-order valence-electron chi connectivity index (χ0n) is 18.1. The zero-order valence-corrected chi connectivity index (χ0v) is 18.1. The third-order valence-corrected chi connectivity index (χ3v) is 5.90. The first kappa shape index (κ1) is 20.7. The topological polar surface area (TPSA) is 50.2 Å². The Bertz CT molecular complexity index is 875. The van der Waals surface area contributed by atoms with Gasteiger partial charge in [-0.15, -0.1) is 0 Å². The lowest BCUT2D eigenvalue weighted by Crippen LogP contribution is -2.46. The molecule has 3 heterocycles. The predicted octanol–water partition coefficient (Wildman–Crippen LogP) is 4.11. The van der Waals surface area contributed by atoms with Gasteiger partial charge in [-0.2, -0.15) is 4.98 Å². The minimum absolute atomic E-state index is 0.692. The van der Waals surface area contributed by atoms with Crippen molar-refractivity contribution in [2.75, 3.05) is 51.3 Å². The van der Waals surface area contributed by atoms with Crippen molar-refractivity contribution in [1.29, 1.82) is 0 Å². The smallest absolute Gasteiger partial charge is 0.215 e. The summed E-state index contributed by atoms with van der Waals surface area (Å²) in [5.74, 6) is 2.49. The molecule has 6 nitrogen and oxygen atoms in total. The molecule has 0 aliphatic carbocycles. The Labute approximate surface area is 179 Å². The molecule has 2 aromatic rings. The van der Waals surface area contributed by atoms with Crippen molar-refractivity contribution >= 4 is 17.2 Å². The molecule has 1 aromatic carbocycles. The molecule has 1 aromatic heterocycles. The van der Waals surface area contributed by atoms with E-state index < -0.39 is 0 Å². The first-order chi connectivity index (χ1) is 14.7. The zero-order chi connectivity index (χ0) is 20.8. The molecule has 0 saturated carbocycles. The number of aliphatic imine (C=N–C) groups is 1. The van der Waals surface area contributed by atoms with Crippen molar-refractivity contribution in [1.82, 2.24) is 9.88 Å². The van der Waals surface area contributed by atoms with Crippen LogP contribution in [0.2, 0.25) is 0 Å². The molecule has 6 heteroatoms. The quantitative estimate of drug-likeness (QED) is 0.615. The second kappa shape index (κ2) is 9.94. The minimum Gasteiger partial charge on any atom is -0.495 e. The van der Waals surface area contributed by atoms with Gasteiger partial charge in [0.1, 0.15) is 5.75 Å². The van der Waals surface area contributed by atoms with Crippen molar-refractivity contribution in [2.24, 2.45) is 4.99 Å². The minimum atomic E-state index is 0.692. The Morgan fingerprint density at radius 3 is 2.63 bits per heavy atom. The van der Waals surface area contributed by atoms with E-state index in [-0.39, 0.29) is 0 Å². The average Bonchev–Trinajstić information content (AvgIpc) is 2.79. The molecule has 2 aliphatic heterocycles. The standard InChI is InChI=1S/C24H32N4O2/c1-19-9-10-20-11-12-23(26-24(20)25-19)30-18-6-5-13-27-14-16-28(17-15-27)21-7-3-4-8-22(21)29-2/h3-4,7-8,11-12H,5-6,9-10,13-18H2,1-2H3. The molecular formula is C24H32N4O2. The summed E-state index contributed by atoms with van der Waals surface area (Å²) < 4.78 is 11.4. The highest BCUT2D eigenvalue weighted by Gasteiger charge is 2.19. The van der Waals surface area contributed by atoms with E-state index in [0.29, 0.717) is 12.5 Å². The van der Waals surface area contributed by atoms with Gasteiger partial charge in [-0.1, -0.05) is 12.1 Å². The van der Waals surface area contributed by atoms with Gasteiger partial charge in [-0.3, -0.25) is 4.90 Å². The van der Waals surface area contributed by atoms with Crippen molar-refractivity contribution in [3.63, 3.8) is 0 Å². The number of benzene rings is 1. The molecule has 0 unspecified atom stereocenters. The van der Waals surface area contributed by atoms with Gasteiger partial charge in [0.25, 0.3) is 0 Å². The molecule has 4 rings (SSSR count). The van der Waals surface area contributed by atoms with Crippen LogP contribution in [0, 0.1) is 0 Å². The Balaban J connectivity index is 1.16. The first-order valence-corrected chi connectivity index (χ1v) is 11.0. The lowest BCUT2D eigenvalue weighted by Gasteiger charge is -2.36. The van der Waals surface area contributed by atoms with Crippen LogP contribution in [-0.4, -0.2) is 62.0 Å². The van der Waals surface area contributed by atoms with Gasteiger partial charge >= 0.3 is 0 Å². The van der Waals surface area contributed by atoms with E-state index in [1.54, 1.807) is 7.11 Å². The van der Waals surface area contributed by atoms with Crippen LogP contribution in [-0.2, 0) is 6.42 Å². The number of anilines is 1. The molecule has 30 heavy (non-hydrogen) atoms. The number of nitrogens with zero attached hydrogens (tertiary/aromatic N) is 4. The van der Waals surface area contributed by atoms with Crippen LogP contribution in [0.1, 0.15) is 31.7 Å². The fourth-order valence-electron chi connectivity index (χ4n) is 4.10. The number of pyridine rings is 1. The summed E-state index contributed by atoms with van der Waals surface area (Å²) in [6, 6.07) is 12.4. The summed E-state index contributed by atoms with van der Waals surface area (Å²) >= 11 is 0. The maximum Gasteiger partial charge on any atom is 0.215 e. The maximum atomic E-state index is 5.88. The van der Waals surface area contributed by atoms with E-state index in [4.69, 9.17) is 9.47 Å². The predicted molar refractivity (Wildman–Crippen MR) is 122 cm³/mol. The number of aromatic nitrogens is 1. The van der Waals surface area contributed by atoms with E-state index in [1.165, 1.54) is 11.3 Å². The molecule has 0 spiro atoms. The number of hydrogen-bond donors (Lipinski definition) is 0. The van der Waals surface area contributed by atoms with Crippen LogP contribution in [0.3, 0.4) is 0 Å². The normalized spacial score (nSPS) is 16.7. The number of piperazine rings is 1. The van der Waals surface area contributed by atoms with Crippen LogP contribution in [0.15, 0.2) is 41.4 Å². The number of unbranched alkanes of at least 4 members (excludes halogenated alkanes) is 1. The van der Waals surface area contributed by atoms with Crippen LogP contribution < -0.4 is 14.4 Å². The van der Waals surface area contributed by atoms with E-state index in [1.807, 2.05) is 18.2 Å². The number of para-hydroxylation sites is 2. The average molecular weight is 409 g/mol. The molecule has 0 atom stereocenters. The highest BCUT2D eigenvalue weighted by Crippen LogP contribution is 2.28. The van der Waals surface area contributed by atoms with E-state index in [9.17, 15) is 0 Å². The summed E-state index contributed by atoms with van der Waals surface area (Å²) in [5.41, 5.74) is 3.57. The first-order valence-electron chi connectivity index (χ1n) is 11.0. The van der Waals surface area contributed by atoms with Gasteiger partial charge in [-0.05, 0) is 62.9 Å². The highest BCUT2D eigenvalue weighted by atomic mass is 16.5. The van der Waals surface area contributed by atoms with Crippen molar-refractivity contribution < 1.29 is 9.47 Å². The number of methoxy groups -OCH3 is 1. The van der Waals surface area contributed by atoms with Gasteiger partial charge in [0.15, 0.2) is 5.82 Å². The van der Waals surface area contributed by atoms with Crippen LogP contribution in [0.4, 0.5) is 11.5 Å². The maximum absolute atomic E-state index is 5.88. The largest absolute Gasteiger partial charge is 0.495 e. The Kier molecular flexibility index (Phi) is 6.84. The van der Waals surface area contributed by atoms with Crippen LogP contribution in [0.25, 0.3) is 0 Å². The summed E-state index contributed by atoms with van der Waals surface area (Å²) in [7, 11) is 1.74. The SMILES string of the molecule is COc1ccccc1N1CCN(CCCCOc2ccc3c(n2)N=C(C)CC3)CC1. The van der Waals surface area contributed by atoms with Gasteiger partial charge in [0.2, 0.25) is 5.88 Å². The lowest BCUT2D eigenvalue weighted by molar-refractivity contribution is 0.236. The Hall–Kier alpha value is -2.60. The lowest BCUT2D eigenvalue weighted by atomic mass is 10.1. The number of aryl methyl sites for hydroxylation is 1. The van der Waals surface area contributed by atoms with Crippen molar-refractivity contribution in [3.05, 3.63) is 42.0 Å². The monoisotopic (exact) mass is 408 g/mol. The van der Waals surface area contributed by atoms with Gasteiger partial charge in [0, 0.05) is 38.0 Å². The third-order valence-electron chi connectivity index (χ3n) is 5.90. The molecule has 0 radical (unpaired) electrons. The fraction of sp³-hybridized carbons (Fsp3) is 0.500. The second-order valence-corrected chi connectivity index (χ2v) is 8.04. The number of fused-ring (bicyclic) bond motifs is 1. The molecule has 0 amide bonds. The van der Waals surface area contributed by atoms with E-state index in [2.05, 4.69) is 44.9 Å². The van der Waals surface area contributed by atoms with Crippen LogP contribution in [0.5, 0.6) is 11.6 Å². The second-order valence-electron chi connectivity index (χ2n) is 8.04. The third kappa shape index (κ3) is 5.11. The molecule has 0 bridgehead atoms. The Morgan fingerprint density at radius 1 is 0.967 bits per heavy atom. The van der Waals surface area contributed by atoms with Gasteiger partial charge in [-0.25, -0.2) is 4.99 Å². The number of rotatable bonds is 8. The number of hydrogen-bond acceptors (Lipinski definition) is 6. The summed E-state index contributed by atoms with van der Waals surface area (Å²) in [6.45, 7) is 8.13. The highest BCUT2D eigenvalue weighted by molar-refractivity contribution is 5.86. The van der Waals surface area contributed by atoms with E-state index >= 15 is 0 Å². The molecule has 1 fully saturated rings. The fourth-order valence-corrected chi connectivity index (χ4v) is 4.10. The van der Waals surface area contributed by atoms with Crippen molar-refractivity contribution in [2.45, 2.75) is 32.6 Å². The molecule has 2 aliphatic rings. The molecule has 1 saturated heterocycles. The van der Waals surface area contributed by atoms with Crippen LogP contribution >= 0.6 is 0 Å². The molecular weight excluding hydrogens is 376 g/mol. The summed E-state index contributed by atoms with van der Waals surface area (Å²) in [6.07, 6.45) is 4.23. The van der Waals surface area contributed by atoms with Gasteiger partial charge < -0.3 is 14.4 Å². The number of ether oxygens (including phenoxy) is 2. The molecule has 0 N–H and O–H groups in total. The van der Waals surface area contributed by atoms with E-state index in [0.717, 1.165) is 75.7 Å². The summed E-state index contributed by atoms with van der Waals surface area (Å²) in [4.78, 5) is 14.1.